The molecule has 0 amide bonds. The first kappa shape index (κ1) is 13.6. The molecule has 100 valence electrons. The topological polar surface area (TPSA) is 35.2 Å². The summed E-state index contributed by atoms with van der Waals surface area (Å²) in [5.41, 5.74) is 8.81. The average molecular weight is 259 g/mol. The van der Waals surface area contributed by atoms with Gasteiger partial charge in [-0.3, -0.25) is 0 Å². The summed E-state index contributed by atoms with van der Waals surface area (Å²) in [5.74, 6) is 0.544. The molecule has 0 radical (unpaired) electrons. The van der Waals surface area contributed by atoms with Crippen LogP contribution in [0.25, 0.3) is 0 Å². The van der Waals surface area contributed by atoms with E-state index in [4.69, 9.17) is 10.5 Å². The van der Waals surface area contributed by atoms with Gasteiger partial charge in [-0.15, -0.1) is 0 Å². The maximum atomic E-state index is 13.6. The van der Waals surface area contributed by atoms with Crippen molar-refractivity contribution in [2.24, 2.45) is 5.73 Å². The van der Waals surface area contributed by atoms with Gasteiger partial charge >= 0.3 is 0 Å². The van der Waals surface area contributed by atoms with Crippen LogP contribution in [0.15, 0.2) is 36.4 Å². The summed E-state index contributed by atoms with van der Waals surface area (Å²) < 4.78 is 19.2. The zero-order valence-electron chi connectivity index (χ0n) is 11.2. The summed E-state index contributed by atoms with van der Waals surface area (Å²) in [7, 11) is 0. The van der Waals surface area contributed by atoms with Crippen LogP contribution in [-0.4, -0.2) is 6.54 Å². The van der Waals surface area contributed by atoms with Crippen molar-refractivity contribution in [1.29, 1.82) is 0 Å². The lowest BCUT2D eigenvalue weighted by Gasteiger charge is -2.10. The molecule has 19 heavy (non-hydrogen) atoms. The third-order valence-electron chi connectivity index (χ3n) is 3.04. The fraction of sp³-hybridized carbons (Fsp3) is 0.250. The Bertz CT molecular complexity index is 581. The Balaban J connectivity index is 2.24. The number of benzene rings is 2. The molecule has 0 aliphatic rings. The van der Waals surface area contributed by atoms with Crippen molar-refractivity contribution < 1.29 is 9.13 Å². The van der Waals surface area contributed by atoms with Crippen LogP contribution in [0.4, 0.5) is 4.39 Å². The molecule has 2 aromatic carbocycles. The van der Waals surface area contributed by atoms with Gasteiger partial charge in [0.2, 0.25) is 0 Å². The van der Waals surface area contributed by atoms with E-state index in [1.807, 2.05) is 32.0 Å². The maximum Gasteiger partial charge on any atom is 0.165 e. The lowest BCUT2D eigenvalue weighted by Crippen LogP contribution is -2.04. The maximum absolute atomic E-state index is 13.6. The van der Waals surface area contributed by atoms with Gasteiger partial charge in [0.25, 0.3) is 0 Å². The van der Waals surface area contributed by atoms with Crippen LogP contribution >= 0.6 is 0 Å². The number of nitrogens with two attached hydrogens (primary N) is 1. The molecular weight excluding hydrogens is 241 g/mol. The Labute approximate surface area is 113 Å². The third-order valence-corrected chi connectivity index (χ3v) is 3.04. The normalized spacial score (nSPS) is 10.5. The zero-order chi connectivity index (χ0) is 13.8. The Kier molecular flexibility index (Phi) is 4.17. The smallest absolute Gasteiger partial charge is 0.165 e. The van der Waals surface area contributed by atoms with E-state index in [0.717, 1.165) is 17.5 Å². The van der Waals surface area contributed by atoms with Crippen LogP contribution in [0.2, 0.25) is 0 Å². The zero-order valence-corrected chi connectivity index (χ0v) is 11.2. The molecule has 0 aliphatic carbocycles. The molecule has 3 heteroatoms. The highest BCUT2D eigenvalue weighted by atomic mass is 19.1. The van der Waals surface area contributed by atoms with Crippen LogP contribution in [0.1, 0.15) is 16.7 Å². The van der Waals surface area contributed by atoms with Gasteiger partial charge < -0.3 is 10.5 Å². The summed E-state index contributed by atoms with van der Waals surface area (Å²) >= 11 is 0. The van der Waals surface area contributed by atoms with E-state index in [9.17, 15) is 4.39 Å². The van der Waals surface area contributed by atoms with Gasteiger partial charge in [0.15, 0.2) is 11.6 Å². The third kappa shape index (κ3) is 3.32. The monoisotopic (exact) mass is 259 g/mol. The van der Waals surface area contributed by atoms with Gasteiger partial charge in [0.05, 0.1) is 0 Å². The molecule has 2 aromatic rings. The largest absolute Gasteiger partial charge is 0.454 e. The van der Waals surface area contributed by atoms with E-state index in [0.29, 0.717) is 12.3 Å². The lowest BCUT2D eigenvalue weighted by atomic mass is 10.1. The lowest BCUT2D eigenvalue weighted by molar-refractivity contribution is 0.441. The molecule has 0 spiro atoms. The Hall–Kier alpha value is -1.87. The minimum atomic E-state index is -0.353. The average Bonchev–Trinajstić information content (AvgIpc) is 2.37. The number of hydrogen-bond acceptors (Lipinski definition) is 2. The quantitative estimate of drug-likeness (QED) is 0.907. The number of aryl methyl sites for hydroxylation is 2. The fourth-order valence-electron chi connectivity index (χ4n) is 1.98. The summed E-state index contributed by atoms with van der Waals surface area (Å²) in [6.07, 6.45) is 0.838. The SMILES string of the molecule is Cc1ccc(F)c(Oc2ccc(CCN)c(C)c2)c1. The molecule has 0 saturated heterocycles. The van der Waals surface area contributed by atoms with Crippen molar-refractivity contribution in [3.63, 3.8) is 0 Å². The minimum Gasteiger partial charge on any atom is -0.454 e. The molecule has 0 heterocycles. The molecule has 0 fully saturated rings. The summed E-state index contributed by atoms with van der Waals surface area (Å²) in [4.78, 5) is 0. The van der Waals surface area contributed by atoms with E-state index in [1.54, 1.807) is 12.1 Å². The molecule has 2 nitrogen and oxygen atoms in total. The molecule has 0 bridgehead atoms. The number of rotatable bonds is 4. The van der Waals surface area contributed by atoms with Crippen molar-refractivity contribution in [3.8, 4) is 11.5 Å². The molecule has 0 unspecified atom stereocenters. The highest BCUT2D eigenvalue weighted by Gasteiger charge is 2.06. The summed E-state index contributed by atoms with van der Waals surface area (Å²) in [6.45, 7) is 4.53. The first-order chi connectivity index (χ1) is 9.10. The second-order valence-electron chi connectivity index (χ2n) is 4.66. The molecular formula is C16H18FNO. The molecule has 0 aliphatic heterocycles. The van der Waals surface area contributed by atoms with Gasteiger partial charge in [-0.1, -0.05) is 12.1 Å². The van der Waals surface area contributed by atoms with Crippen LogP contribution < -0.4 is 10.5 Å². The summed E-state index contributed by atoms with van der Waals surface area (Å²) in [6, 6.07) is 10.6. The first-order valence-corrected chi connectivity index (χ1v) is 6.34. The van der Waals surface area contributed by atoms with E-state index in [1.165, 1.54) is 11.6 Å². The van der Waals surface area contributed by atoms with Gasteiger partial charge in [0, 0.05) is 0 Å². The highest BCUT2D eigenvalue weighted by molar-refractivity contribution is 5.39. The molecule has 0 saturated carbocycles. The van der Waals surface area contributed by atoms with E-state index >= 15 is 0 Å². The van der Waals surface area contributed by atoms with Crippen LogP contribution in [0.3, 0.4) is 0 Å². The first-order valence-electron chi connectivity index (χ1n) is 6.34. The second-order valence-corrected chi connectivity index (χ2v) is 4.66. The van der Waals surface area contributed by atoms with Gasteiger partial charge in [-0.2, -0.15) is 0 Å². The van der Waals surface area contributed by atoms with E-state index < -0.39 is 0 Å². The van der Waals surface area contributed by atoms with Gasteiger partial charge in [-0.05, 0) is 67.8 Å². The van der Waals surface area contributed by atoms with Gasteiger partial charge in [0.1, 0.15) is 5.75 Å². The second kappa shape index (κ2) is 5.85. The van der Waals surface area contributed by atoms with Crippen molar-refractivity contribution >= 4 is 0 Å². The van der Waals surface area contributed by atoms with Crippen LogP contribution in [-0.2, 0) is 6.42 Å². The molecule has 0 atom stereocenters. The van der Waals surface area contributed by atoms with Crippen LogP contribution in [0, 0.1) is 19.7 Å². The number of hydrogen-bond donors (Lipinski definition) is 1. The Morgan fingerprint density at radius 2 is 1.89 bits per heavy atom. The number of ether oxygens (including phenoxy) is 1. The Morgan fingerprint density at radius 3 is 2.58 bits per heavy atom. The molecule has 0 aromatic heterocycles. The minimum absolute atomic E-state index is 0.256. The van der Waals surface area contributed by atoms with Crippen molar-refractivity contribution in [2.75, 3.05) is 6.54 Å². The van der Waals surface area contributed by atoms with E-state index in [-0.39, 0.29) is 11.6 Å². The Morgan fingerprint density at radius 1 is 1.11 bits per heavy atom. The van der Waals surface area contributed by atoms with E-state index in [2.05, 4.69) is 0 Å². The van der Waals surface area contributed by atoms with Crippen LogP contribution in [0.5, 0.6) is 11.5 Å². The highest BCUT2D eigenvalue weighted by Crippen LogP contribution is 2.27. The standard InChI is InChI=1S/C16H18FNO/c1-11-3-6-15(17)16(9-11)19-14-5-4-13(7-8-18)12(2)10-14/h3-6,9-10H,7-8,18H2,1-2H3. The van der Waals surface area contributed by atoms with Crippen molar-refractivity contribution in [2.45, 2.75) is 20.3 Å². The van der Waals surface area contributed by atoms with Crippen molar-refractivity contribution in [3.05, 3.63) is 58.9 Å². The summed E-state index contributed by atoms with van der Waals surface area (Å²) in [5, 5.41) is 0. The fourth-order valence-corrected chi connectivity index (χ4v) is 1.98. The predicted octanol–water partition coefficient (Wildman–Crippen LogP) is 3.74. The van der Waals surface area contributed by atoms with Crippen molar-refractivity contribution in [1.82, 2.24) is 0 Å². The predicted molar refractivity (Wildman–Crippen MR) is 75.1 cm³/mol. The van der Waals surface area contributed by atoms with Gasteiger partial charge in [-0.25, -0.2) is 4.39 Å². The molecule has 2 N–H and O–H groups in total. The number of halogens is 1. The molecule has 2 rings (SSSR count).